The highest BCUT2D eigenvalue weighted by atomic mass is 32.2. The topological polar surface area (TPSA) is 0 Å². The van der Waals surface area contributed by atoms with E-state index >= 15 is 0 Å². The lowest BCUT2D eigenvalue weighted by atomic mass is 10.2. The van der Waals surface area contributed by atoms with Gasteiger partial charge in [0.05, 0.1) is 0 Å². The summed E-state index contributed by atoms with van der Waals surface area (Å²) in [5.41, 5.74) is 3.49. The van der Waals surface area contributed by atoms with Crippen LogP contribution in [0, 0.1) is 6.92 Å². The third-order valence-corrected chi connectivity index (χ3v) is 3.14. The quantitative estimate of drug-likeness (QED) is 0.522. The second kappa shape index (κ2) is 5.06. The Morgan fingerprint density at radius 2 is 1.79 bits per heavy atom. The standard InChI is InChI=1S/C13H16S/c1-10(2)12(4)9-14-13-7-5-11(3)6-8-13/h5-8H,1,4,9H2,2-3H3. The Balaban J connectivity index is 2.50. The van der Waals surface area contributed by atoms with Crippen molar-refractivity contribution in [1.82, 2.24) is 0 Å². The molecule has 1 aromatic rings. The average molecular weight is 204 g/mol. The van der Waals surface area contributed by atoms with Crippen LogP contribution in [0.3, 0.4) is 0 Å². The van der Waals surface area contributed by atoms with E-state index in [1.54, 1.807) is 11.8 Å². The predicted molar refractivity (Wildman–Crippen MR) is 65.9 cm³/mol. The molecular weight excluding hydrogens is 188 g/mol. The summed E-state index contributed by atoms with van der Waals surface area (Å²) in [6.45, 7) is 11.9. The zero-order valence-electron chi connectivity index (χ0n) is 8.84. The first-order chi connectivity index (χ1) is 6.59. The molecule has 0 spiro atoms. The summed E-state index contributed by atoms with van der Waals surface area (Å²) < 4.78 is 0. The van der Waals surface area contributed by atoms with Crippen molar-refractivity contribution >= 4 is 11.8 Å². The van der Waals surface area contributed by atoms with Gasteiger partial charge in [0.25, 0.3) is 0 Å². The van der Waals surface area contributed by atoms with Crippen LogP contribution in [0.15, 0.2) is 53.5 Å². The lowest BCUT2D eigenvalue weighted by Crippen LogP contribution is -1.86. The van der Waals surface area contributed by atoms with Crippen LogP contribution in [0.25, 0.3) is 0 Å². The molecule has 14 heavy (non-hydrogen) atoms. The largest absolute Gasteiger partial charge is 0.121 e. The van der Waals surface area contributed by atoms with Gasteiger partial charge >= 0.3 is 0 Å². The molecule has 0 radical (unpaired) electrons. The van der Waals surface area contributed by atoms with Crippen molar-refractivity contribution in [2.45, 2.75) is 18.7 Å². The number of aryl methyl sites for hydroxylation is 1. The van der Waals surface area contributed by atoms with E-state index in [0.717, 1.165) is 16.9 Å². The molecule has 0 aromatic heterocycles. The van der Waals surface area contributed by atoms with Gasteiger partial charge in [0.1, 0.15) is 0 Å². The van der Waals surface area contributed by atoms with Crippen LogP contribution in [0.4, 0.5) is 0 Å². The molecule has 0 unspecified atom stereocenters. The van der Waals surface area contributed by atoms with Crippen molar-refractivity contribution in [3.63, 3.8) is 0 Å². The summed E-state index contributed by atoms with van der Waals surface area (Å²) in [7, 11) is 0. The number of benzene rings is 1. The van der Waals surface area contributed by atoms with E-state index in [0.29, 0.717) is 0 Å². The van der Waals surface area contributed by atoms with E-state index in [4.69, 9.17) is 0 Å². The van der Waals surface area contributed by atoms with Gasteiger partial charge < -0.3 is 0 Å². The molecule has 0 fully saturated rings. The van der Waals surface area contributed by atoms with Crippen molar-refractivity contribution in [2.24, 2.45) is 0 Å². The smallest absolute Gasteiger partial charge is 0.0228 e. The first-order valence-electron chi connectivity index (χ1n) is 4.62. The summed E-state index contributed by atoms with van der Waals surface area (Å²) in [4.78, 5) is 1.29. The molecule has 0 aliphatic heterocycles. The third kappa shape index (κ3) is 3.43. The maximum Gasteiger partial charge on any atom is 0.0228 e. The van der Waals surface area contributed by atoms with Crippen LogP contribution in [0.1, 0.15) is 12.5 Å². The minimum atomic E-state index is 0.929. The Labute approximate surface area is 90.7 Å². The fraction of sp³-hybridized carbons (Fsp3) is 0.231. The monoisotopic (exact) mass is 204 g/mol. The van der Waals surface area contributed by atoms with E-state index in [9.17, 15) is 0 Å². The highest BCUT2D eigenvalue weighted by Gasteiger charge is 1.97. The summed E-state index contributed by atoms with van der Waals surface area (Å²) in [6.07, 6.45) is 0. The molecule has 1 rings (SSSR count). The molecule has 0 N–H and O–H groups in total. The Morgan fingerprint density at radius 1 is 1.21 bits per heavy atom. The van der Waals surface area contributed by atoms with Crippen LogP contribution in [-0.2, 0) is 0 Å². The van der Waals surface area contributed by atoms with E-state index in [-0.39, 0.29) is 0 Å². The summed E-state index contributed by atoms with van der Waals surface area (Å²) in [6, 6.07) is 8.55. The SMILES string of the molecule is C=C(C)C(=C)CSc1ccc(C)cc1. The van der Waals surface area contributed by atoms with E-state index < -0.39 is 0 Å². The maximum absolute atomic E-state index is 3.97. The van der Waals surface area contributed by atoms with Crippen molar-refractivity contribution in [2.75, 3.05) is 5.75 Å². The van der Waals surface area contributed by atoms with Gasteiger partial charge in [-0.05, 0) is 31.6 Å². The predicted octanol–water partition coefficient (Wildman–Crippen LogP) is 4.22. The number of thioether (sulfide) groups is 1. The fourth-order valence-electron chi connectivity index (χ4n) is 0.928. The lowest BCUT2D eigenvalue weighted by Gasteiger charge is -2.04. The zero-order chi connectivity index (χ0) is 10.6. The second-order valence-electron chi connectivity index (χ2n) is 3.49. The van der Waals surface area contributed by atoms with Gasteiger partial charge in [-0.15, -0.1) is 11.8 Å². The van der Waals surface area contributed by atoms with Crippen molar-refractivity contribution in [3.05, 3.63) is 54.1 Å². The van der Waals surface area contributed by atoms with Gasteiger partial charge in [0.15, 0.2) is 0 Å². The first kappa shape index (κ1) is 11.1. The van der Waals surface area contributed by atoms with Gasteiger partial charge in [-0.3, -0.25) is 0 Å². The Morgan fingerprint density at radius 3 is 2.29 bits per heavy atom. The minimum Gasteiger partial charge on any atom is -0.121 e. The molecule has 1 aromatic carbocycles. The first-order valence-corrected chi connectivity index (χ1v) is 5.61. The molecule has 0 amide bonds. The van der Waals surface area contributed by atoms with Gasteiger partial charge in [0.2, 0.25) is 0 Å². The number of allylic oxidation sites excluding steroid dienone is 1. The highest BCUT2D eigenvalue weighted by molar-refractivity contribution is 7.99. The van der Waals surface area contributed by atoms with Crippen molar-refractivity contribution < 1.29 is 0 Å². The molecule has 0 heterocycles. The average Bonchev–Trinajstić information content (AvgIpc) is 2.16. The van der Waals surface area contributed by atoms with Gasteiger partial charge in [0, 0.05) is 10.6 Å². The zero-order valence-corrected chi connectivity index (χ0v) is 9.66. The Bertz CT molecular complexity index is 333. The van der Waals surface area contributed by atoms with Crippen LogP contribution in [0.5, 0.6) is 0 Å². The summed E-state index contributed by atoms with van der Waals surface area (Å²) in [5, 5.41) is 0. The van der Waals surface area contributed by atoms with E-state index in [1.165, 1.54) is 10.5 Å². The van der Waals surface area contributed by atoms with Crippen LogP contribution in [0.2, 0.25) is 0 Å². The molecule has 0 bridgehead atoms. The van der Waals surface area contributed by atoms with Gasteiger partial charge in [-0.1, -0.05) is 36.4 Å². The Hall–Kier alpha value is -0.950. The molecule has 0 atom stereocenters. The second-order valence-corrected chi connectivity index (χ2v) is 4.53. The summed E-state index contributed by atoms with van der Waals surface area (Å²) >= 11 is 1.81. The van der Waals surface area contributed by atoms with Crippen molar-refractivity contribution in [1.29, 1.82) is 0 Å². The number of rotatable bonds is 4. The number of hydrogen-bond donors (Lipinski definition) is 0. The molecule has 0 saturated carbocycles. The van der Waals surface area contributed by atoms with Crippen LogP contribution < -0.4 is 0 Å². The molecule has 1 heteroatoms. The molecule has 74 valence electrons. The number of hydrogen-bond acceptors (Lipinski definition) is 1. The van der Waals surface area contributed by atoms with Gasteiger partial charge in [-0.25, -0.2) is 0 Å². The molecular formula is C13H16S. The van der Waals surface area contributed by atoms with Gasteiger partial charge in [-0.2, -0.15) is 0 Å². The molecule has 0 nitrogen and oxygen atoms in total. The lowest BCUT2D eigenvalue weighted by molar-refractivity contribution is 1.36. The normalized spacial score (nSPS) is 9.86. The van der Waals surface area contributed by atoms with E-state index in [1.807, 2.05) is 6.92 Å². The maximum atomic E-state index is 3.97. The molecule has 0 aliphatic carbocycles. The minimum absolute atomic E-state index is 0.929. The summed E-state index contributed by atoms with van der Waals surface area (Å²) in [5.74, 6) is 0.929. The van der Waals surface area contributed by atoms with Crippen molar-refractivity contribution in [3.8, 4) is 0 Å². The van der Waals surface area contributed by atoms with Crippen LogP contribution in [-0.4, -0.2) is 5.75 Å². The molecule has 0 aliphatic rings. The fourth-order valence-corrected chi connectivity index (χ4v) is 1.84. The third-order valence-electron chi connectivity index (χ3n) is 2.04. The molecule has 0 saturated heterocycles. The highest BCUT2D eigenvalue weighted by Crippen LogP contribution is 2.22. The van der Waals surface area contributed by atoms with Crippen LogP contribution >= 0.6 is 11.8 Å². The van der Waals surface area contributed by atoms with E-state index in [2.05, 4.69) is 44.3 Å². The Kier molecular flexibility index (Phi) is 4.02.